The Bertz CT molecular complexity index is 69.0. The fraction of sp³-hybridized carbons (Fsp3) is 1.00. The van der Waals surface area contributed by atoms with E-state index in [-0.39, 0.29) is 5.79 Å². The van der Waals surface area contributed by atoms with Crippen LogP contribution in [0.25, 0.3) is 0 Å². The maximum absolute atomic E-state index is 4.50. The molecule has 0 atom stereocenters. The molecule has 8 heavy (non-hydrogen) atoms. The summed E-state index contributed by atoms with van der Waals surface area (Å²) in [6, 6.07) is 0. The minimum absolute atomic E-state index is 0.250. The highest BCUT2D eigenvalue weighted by Gasteiger charge is 2.36. The first-order chi connectivity index (χ1) is 3.71. The molecule has 48 valence electrons. The Morgan fingerprint density at radius 1 is 1.12 bits per heavy atom. The summed E-state index contributed by atoms with van der Waals surface area (Å²) in [4.78, 5) is 8.79. The molecule has 0 amide bonds. The van der Waals surface area contributed by atoms with Gasteiger partial charge in [-0.2, -0.15) is 9.78 Å². The fourth-order valence-corrected chi connectivity index (χ4v) is 0.0833. The van der Waals surface area contributed by atoms with Gasteiger partial charge in [0, 0.05) is 0 Å². The van der Waals surface area contributed by atoms with Crippen LogP contribution in [0.15, 0.2) is 0 Å². The third-order valence-electron chi connectivity index (χ3n) is 0.621. The Balaban J connectivity index is 0.0000000907. The zero-order valence-electron chi connectivity index (χ0n) is 5.14. The first kappa shape index (κ1) is 6.01. The van der Waals surface area contributed by atoms with E-state index in [1.54, 1.807) is 0 Å². The SMILES string of the molecule is C1CO1.CC1(C)OO1. The molecule has 2 rings (SSSR count). The lowest BCUT2D eigenvalue weighted by Gasteiger charge is -1.72. The number of hydrogen-bond donors (Lipinski definition) is 0. The van der Waals surface area contributed by atoms with Crippen molar-refractivity contribution >= 4 is 0 Å². The highest BCUT2D eigenvalue weighted by Crippen LogP contribution is 2.26. The summed E-state index contributed by atoms with van der Waals surface area (Å²) in [7, 11) is 0. The quantitative estimate of drug-likeness (QED) is 0.347. The van der Waals surface area contributed by atoms with Gasteiger partial charge < -0.3 is 4.74 Å². The topological polar surface area (TPSA) is 37.6 Å². The van der Waals surface area contributed by atoms with Crippen LogP contribution in [0.4, 0.5) is 0 Å². The maximum atomic E-state index is 4.50. The van der Waals surface area contributed by atoms with Crippen LogP contribution in [0.5, 0.6) is 0 Å². The van der Waals surface area contributed by atoms with Gasteiger partial charge in [-0.3, -0.25) is 0 Å². The Hall–Kier alpha value is -0.120. The van der Waals surface area contributed by atoms with Crippen LogP contribution in [0.2, 0.25) is 0 Å². The summed E-state index contributed by atoms with van der Waals surface area (Å²) in [5, 5.41) is 0. The lowest BCUT2D eigenvalue weighted by molar-refractivity contribution is 0.0850. The van der Waals surface area contributed by atoms with Crippen LogP contribution in [0.3, 0.4) is 0 Å². The van der Waals surface area contributed by atoms with Gasteiger partial charge in [0.2, 0.25) is 5.79 Å². The predicted molar refractivity (Wildman–Crippen MR) is 27.1 cm³/mol. The number of ether oxygens (including phenoxy) is 1. The Morgan fingerprint density at radius 3 is 1.38 bits per heavy atom. The Morgan fingerprint density at radius 2 is 1.38 bits per heavy atom. The zero-order valence-corrected chi connectivity index (χ0v) is 5.14. The standard InChI is InChI=1S/C3H6O2.C2H4O/c1-3(2)4-5-3;1-2-3-1/h1-2H3;1-2H2. The molecule has 3 heteroatoms. The minimum Gasteiger partial charge on any atom is -0.377 e. The molecule has 2 saturated heterocycles. The van der Waals surface area contributed by atoms with E-state index in [0.717, 1.165) is 13.2 Å². The molecule has 0 bridgehead atoms. The monoisotopic (exact) mass is 118 g/mol. The molecule has 3 nitrogen and oxygen atoms in total. The molecular weight excluding hydrogens is 108 g/mol. The van der Waals surface area contributed by atoms with E-state index >= 15 is 0 Å². The van der Waals surface area contributed by atoms with Gasteiger partial charge in [0.25, 0.3) is 0 Å². The first-order valence-corrected chi connectivity index (χ1v) is 2.65. The third kappa shape index (κ3) is 4.05. The molecule has 2 aliphatic rings. The molecule has 0 aromatic heterocycles. The van der Waals surface area contributed by atoms with Crippen molar-refractivity contribution in [2.75, 3.05) is 13.2 Å². The zero-order chi connectivity index (χ0) is 6.04. The number of rotatable bonds is 0. The molecule has 0 spiro atoms. The molecular formula is C5H10O3. The van der Waals surface area contributed by atoms with Crippen molar-refractivity contribution in [3.8, 4) is 0 Å². The summed E-state index contributed by atoms with van der Waals surface area (Å²) >= 11 is 0. The molecule has 0 unspecified atom stereocenters. The van der Waals surface area contributed by atoms with Gasteiger partial charge in [0.05, 0.1) is 13.2 Å². The molecule has 2 fully saturated rings. The highest BCUT2D eigenvalue weighted by atomic mass is 17.4. The first-order valence-electron chi connectivity index (χ1n) is 2.65. The van der Waals surface area contributed by atoms with Crippen molar-refractivity contribution in [2.24, 2.45) is 0 Å². The van der Waals surface area contributed by atoms with Crippen molar-refractivity contribution in [3.05, 3.63) is 0 Å². The van der Waals surface area contributed by atoms with Crippen molar-refractivity contribution in [1.29, 1.82) is 0 Å². The van der Waals surface area contributed by atoms with Gasteiger partial charge in [-0.1, -0.05) is 0 Å². The van der Waals surface area contributed by atoms with Crippen molar-refractivity contribution in [3.63, 3.8) is 0 Å². The van der Waals surface area contributed by atoms with Gasteiger partial charge in [-0.15, -0.1) is 0 Å². The van der Waals surface area contributed by atoms with Gasteiger partial charge in [0.15, 0.2) is 0 Å². The fourth-order valence-electron chi connectivity index (χ4n) is 0.0833. The summed E-state index contributed by atoms with van der Waals surface area (Å²) in [6.07, 6.45) is 0. The molecule has 0 aliphatic carbocycles. The van der Waals surface area contributed by atoms with Crippen LogP contribution in [-0.2, 0) is 14.5 Å². The summed E-state index contributed by atoms with van der Waals surface area (Å²) in [5.74, 6) is -0.250. The Labute approximate surface area is 48.5 Å². The molecule has 0 saturated carbocycles. The van der Waals surface area contributed by atoms with Gasteiger partial charge in [-0.25, -0.2) is 0 Å². The van der Waals surface area contributed by atoms with E-state index in [9.17, 15) is 0 Å². The average Bonchev–Trinajstić information content (AvgIpc) is 2.33. The van der Waals surface area contributed by atoms with Crippen LogP contribution in [-0.4, -0.2) is 19.0 Å². The van der Waals surface area contributed by atoms with Crippen molar-refractivity contribution in [1.82, 2.24) is 0 Å². The van der Waals surface area contributed by atoms with Crippen LogP contribution >= 0.6 is 0 Å². The van der Waals surface area contributed by atoms with E-state index in [0.29, 0.717) is 0 Å². The van der Waals surface area contributed by atoms with Gasteiger partial charge in [0.1, 0.15) is 0 Å². The van der Waals surface area contributed by atoms with E-state index in [2.05, 4.69) is 14.5 Å². The van der Waals surface area contributed by atoms with Crippen LogP contribution < -0.4 is 0 Å². The smallest absolute Gasteiger partial charge is 0.228 e. The van der Waals surface area contributed by atoms with E-state index in [1.807, 2.05) is 13.8 Å². The second-order valence-electron chi connectivity index (χ2n) is 2.18. The molecule has 0 aromatic carbocycles. The molecule has 0 N–H and O–H groups in total. The molecule has 0 aromatic rings. The largest absolute Gasteiger partial charge is 0.377 e. The predicted octanol–water partition coefficient (Wildman–Crippen LogP) is 0.701. The maximum Gasteiger partial charge on any atom is 0.228 e. The minimum atomic E-state index is -0.250. The average molecular weight is 118 g/mol. The number of hydrogen-bond acceptors (Lipinski definition) is 3. The molecule has 0 radical (unpaired) electrons. The molecule has 2 heterocycles. The third-order valence-corrected chi connectivity index (χ3v) is 0.621. The Kier molecular flexibility index (Phi) is 1.51. The lowest BCUT2D eigenvalue weighted by atomic mass is 10.4. The van der Waals surface area contributed by atoms with E-state index in [1.165, 1.54) is 0 Å². The summed E-state index contributed by atoms with van der Waals surface area (Å²) in [5.41, 5.74) is 0. The van der Waals surface area contributed by atoms with E-state index in [4.69, 9.17) is 0 Å². The van der Waals surface area contributed by atoms with E-state index < -0.39 is 0 Å². The molecule has 2 aliphatic heterocycles. The lowest BCUT2D eigenvalue weighted by Crippen LogP contribution is -1.89. The summed E-state index contributed by atoms with van der Waals surface area (Å²) < 4.78 is 4.50. The van der Waals surface area contributed by atoms with Crippen molar-refractivity contribution in [2.45, 2.75) is 19.6 Å². The van der Waals surface area contributed by atoms with Gasteiger partial charge in [-0.05, 0) is 13.8 Å². The van der Waals surface area contributed by atoms with Crippen LogP contribution in [0.1, 0.15) is 13.8 Å². The van der Waals surface area contributed by atoms with Crippen LogP contribution in [0, 0.1) is 0 Å². The number of epoxide rings is 1. The van der Waals surface area contributed by atoms with Crippen molar-refractivity contribution < 1.29 is 14.5 Å². The normalized spacial score (nSPS) is 27.8. The highest BCUT2D eigenvalue weighted by molar-refractivity contribution is 4.53. The second-order valence-corrected chi connectivity index (χ2v) is 2.18. The second kappa shape index (κ2) is 2.01. The van der Waals surface area contributed by atoms with Gasteiger partial charge >= 0.3 is 0 Å². The summed E-state index contributed by atoms with van der Waals surface area (Å²) in [6.45, 7) is 5.71.